The maximum absolute atomic E-state index is 11.3. The summed E-state index contributed by atoms with van der Waals surface area (Å²) in [5, 5.41) is 30.2. The summed E-state index contributed by atoms with van der Waals surface area (Å²) in [4.78, 5) is 49.5. The summed E-state index contributed by atoms with van der Waals surface area (Å²) in [7, 11) is -1.18. The van der Waals surface area contributed by atoms with Gasteiger partial charge in [-0.25, -0.2) is 9.97 Å². The number of H-pyrrole nitrogens is 1. The van der Waals surface area contributed by atoms with Crippen LogP contribution in [0.4, 0.5) is 0 Å². The molecule has 2 aliphatic rings. The van der Waals surface area contributed by atoms with Gasteiger partial charge in [0, 0.05) is 73.9 Å². The lowest BCUT2D eigenvalue weighted by molar-refractivity contribution is -0.149. The number of pyridine rings is 4. The third kappa shape index (κ3) is 14.4. The zero-order chi connectivity index (χ0) is 51.6. The molecule has 0 amide bonds. The molecule has 0 aliphatic heterocycles. The fraction of sp³-hybridized carbons (Fsp3) is 0.500. The van der Waals surface area contributed by atoms with Gasteiger partial charge in [0.2, 0.25) is 11.8 Å². The molecule has 6 aromatic rings. The summed E-state index contributed by atoms with van der Waals surface area (Å²) in [5.41, 5.74) is 4.67. The molecule has 0 aromatic carbocycles. The minimum absolute atomic E-state index is 0.0242. The van der Waals surface area contributed by atoms with Crippen LogP contribution in [0.5, 0.6) is 23.8 Å². The van der Waals surface area contributed by atoms with Crippen molar-refractivity contribution in [3.05, 3.63) is 72.3 Å². The van der Waals surface area contributed by atoms with Gasteiger partial charge in [-0.2, -0.15) is 14.6 Å². The van der Waals surface area contributed by atoms with E-state index in [-0.39, 0.29) is 13.2 Å². The Kier molecular flexibility index (Phi) is 17.1. The predicted octanol–water partition coefficient (Wildman–Crippen LogP) is 9.60. The topological polar surface area (TPSA) is 245 Å². The monoisotopic (exact) mass is 1000 g/mol. The minimum Gasteiger partial charge on any atom is -0.481 e. The van der Waals surface area contributed by atoms with E-state index in [1.165, 1.54) is 38.5 Å². The van der Waals surface area contributed by atoms with Gasteiger partial charge in [0.05, 0.1) is 35.4 Å². The lowest BCUT2D eigenvalue weighted by Gasteiger charge is -2.24. The van der Waals surface area contributed by atoms with Crippen molar-refractivity contribution in [2.24, 2.45) is 22.7 Å². The molecule has 2 fully saturated rings. The smallest absolute Gasteiger partial charge is 0.335 e. The maximum atomic E-state index is 11.3. The Morgan fingerprint density at radius 3 is 1.69 bits per heavy atom. The number of carbonyl (C=O) groups is 2. The van der Waals surface area contributed by atoms with E-state index in [0.717, 1.165) is 50.8 Å². The van der Waals surface area contributed by atoms with Gasteiger partial charge in [0.1, 0.15) is 19.9 Å². The third-order valence-corrected chi connectivity index (χ3v) is 14.5. The number of aliphatic carboxylic acids is 2. The molecule has 0 atom stereocenters. The van der Waals surface area contributed by atoms with Gasteiger partial charge in [-0.15, -0.1) is 10.2 Å². The first kappa shape index (κ1) is 53.0. The first-order valence-corrected chi connectivity index (χ1v) is 28.2. The van der Waals surface area contributed by atoms with Crippen molar-refractivity contribution < 1.29 is 43.5 Å². The Morgan fingerprint density at radius 2 is 1.24 bits per heavy atom. The second-order valence-electron chi connectivity index (χ2n) is 21.2. The largest absolute Gasteiger partial charge is 0.481 e. The van der Waals surface area contributed by atoms with Crippen LogP contribution in [0.25, 0.3) is 45.3 Å². The van der Waals surface area contributed by atoms with Crippen molar-refractivity contribution in [2.75, 3.05) is 33.0 Å². The van der Waals surface area contributed by atoms with E-state index in [2.05, 4.69) is 64.8 Å². The first-order valence-electron chi connectivity index (χ1n) is 24.5. The molecular weight excluding hydrogens is 937 g/mol. The van der Waals surface area contributed by atoms with Crippen molar-refractivity contribution in [3.63, 3.8) is 0 Å². The van der Waals surface area contributed by atoms with Crippen LogP contribution in [0.2, 0.25) is 25.7 Å². The number of rotatable bonds is 23. The van der Waals surface area contributed by atoms with Crippen molar-refractivity contribution in [2.45, 2.75) is 112 Å². The Bertz CT molecular complexity index is 2770. The SMILES string of the molecule is Cc1cc(OCC(C)(C)C(=O)O)ncc1-c1ccc(-c2nc(OCC3CCC3)n(COCC[Si](C)(C)C)n2)cn1.Cc1cc(OCC(C)(C)C(=O)O)ncc1-c1ccc(-c2nc(OCC3CCC3)n[nH]2)cn1. The Hall–Kier alpha value is -6.80. The van der Waals surface area contributed by atoms with Crippen molar-refractivity contribution >= 4 is 20.0 Å². The van der Waals surface area contributed by atoms with E-state index < -0.39 is 30.8 Å². The van der Waals surface area contributed by atoms with Crippen molar-refractivity contribution in [3.8, 4) is 69.1 Å². The molecule has 0 saturated heterocycles. The van der Waals surface area contributed by atoms with E-state index >= 15 is 0 Å². The molecule has 8 rings (SSSR count). The molecule has 0 radical (unpaired) electrons. The Labute approximate surface area is 421 Å². The highest BCUT2D eigenvalue weighted by Gasteiger charge is 2.30. The molecule has 19 nitrogen and oxygen atoms in total. The van der Waals surface area contributed by atoms with Gasteiger partial charge in [-0.05, 0) is 120 Å². The van der Waals surface area contributed by atoms with Crippen LogP contribution >= 0.6 is 0 Å². The number of hydrogen-bond donors (Lipinski definition) is 3. The molecular formula is C52H68N10O9Si. The average Bonchev–Trinajstić information content (AvgIpc) is 3.96. The van der Waals surface area contributed by atoms with Crippen LogP contribution in [-0.4, -0.2) is 113 Å². The molecule has 72 heavy (non-hydrogen) atoms. The second kappa shape index (κ2) is 23.2. The van der Waals surface area contributed by atoms with E-state index in [1.807, 2.05) is 38.1 Å². The van der Waals surface area contributed by atoms with Crippen LogP contribution < -0.4 is 18.9 Å². The van der Waals surface area contributed by atoms with Gasteiger partial charge in [0.15, 0.2) is 11.6 Å². The van der Waals surface area contributed by atoms with Gasteiger partial charge < -0.3 is 33.9 Å². The molecule has 6 heterocycles. The number of nitrogens with zero attached hydrogens (tertiary/aromatic N) is 9. The quantitative estimate of drug-likeness (QED) is 0.0399. The summed E-state index contributed by atoms with van der Waals surface area (Å²) >= 11 is 0. The summed E-state index contributed by atoms with van der Waals surface area (Å²) in [6.45, 7) is 19.7. The fourth-order valence-electron chi connectivity index (χ4n) is 7.08. The molecule has 2 saturated carbocycles. The van der Waals surface area contributed by atoms with Gasteiger partial charge >= 0.3 is 24.0 Å². The summed E-state index contributed by atoms with van der Waals surface area (Å²) < 4.78 is 30.6. The summed E-state index contributed by atoms with van der Waals surface area (Å²) in [5.74, 6) is 1.27. The van der Waals surface area contributed by atoms with E-state index in [9.17, 15) is 19.8 Å². The highest BCUT2D eigenvalue weighted by Crippen LogP contribution is 2.31. The van der Waals surface area contributed by atoms with Crippen LogP contribution in [0.1, 0.15) is 77.3 Å². The number of nitrogens with one attached hydrogen (secondary N) is 1. The standard InChI is InChI=1S/C29H41N5O5Si.C23H27N5O4/c1-20-14-25(39-18-29(2,3)27(35)36)31-16-23(20)24-11-10-22(15-30-24)26-32-28(38-17-21-8-7-9-21)34(33-26)19-37-12-13-40(4,5)6;1-14-9-19(32-13-23(2,3)21(29)30)25-11-17(14)18-8-7-16(10-24-18)20-26-22(28-27-20)31-12-15-5-4-6-15/h10-11,14-16,21H,7-9,12-13,17-19H2,1-6H3,(H,35,36);7-11,15H,4-6,12-13H2,1-3H3,(H,29,30)(H,26,27,28). The van der Waals surface area contributed by atoms with Crippen LogP contribution in [0.3, 0.4) is 0 Å². The average molecular weight is 1010 g/mol. The van der Waals surface area contributed by atoms with E-state index in [0.29, 0.717) is 73.8 Å². The summed E-state index contributed by atoms with van der Waals surface area (Å²) in [6, 6.07) is 13.1. The molecule has 20 heteroatoms. The molecule has 384 valence electrons. The number of ether oxygens (including phenoxy) is 5. The number of hydrogen-bond acceptors (Lipinski definition) is 15. The van der Waals surface area contributed by atoms with Crippen LogP contribution in [0.15, 0.2) is 61.2 Å². The van der Waals surface area contributed by atoms with Gasteiger partial charge in [-0.3, -0.25) is 24.7 Å². The van der Waals surface area contributed by atoms with Gasteiger partial charge in [-0.1, -0.05) is 32.5 Å². The first-order chi connectivity index (χ1) is 34.2. The highest BCUT2D eigenvalue weighted by molar-refractivity contribution is 6.76. The molecule has 2 aliphatic carbocycles. The minimum atomic E-state index is -1.18. The van der Waals surface area contributed by atoms with Crippen LogP contribution in [-0.2, 0) is 21.1 Å². The lowest BCUT2D eigenvalue weighted by Crippen LogP contribution is -2.30. The number of carboxylic acid groups (broad SMARTS) is 2. The molecule has 6 aromatic heterocycles. The van der Waals surface area contributed by atoms with Crippen molar-refractivity contribution in [1.82, 2.24) is 49.9 Å². The van der Waals surface area contributed by atoms with Gasteiger partial charge in [0.25, 0.3) is 0 Å². The number of aryl methyl sites for hydroxylation is 2. The Morgan fingerprint density at radius 1 is 0.708 bits per heavy atom. The second-order valence-corrected chi connectivity index (χ2v) is 26.9. The van der Waals surface area contributed by atoms with Crippen molar-refractivity contribution in [1.29, 1.82) is 0 Å². The molecule has 3 N–H and O–H groups in total. The molecule has 0 spiro atoms. The zero-order valence-corrected chi connectivity index (χ0v) is 43.9. The third-order valence-electron chi connectivity index (χ3n) is 12.8. The number of carboxylic acids is 2. The highest BCUT2D eigenvalue weighted by atomic mass is 28.3. The Balaban J connectivity index is 0.000000216. The number of aromatic nitrogens is 10. The van der Waals surface area contributed by atoms with E-state index in [4.69, 9.17) is 23.7 Å². The van der Waals surface area contributed by atoms with Crippen LogP contribution in [0, 0.1) is 36.5 Å². The number of aromatic amines is 1. The van der Waals surface area contributed by atoms with E-state index in [1.54, 1.807) is 69.3 Å². The molecule has 0 bridgehead atoms. The molecule has 0 unspecified atom stereocenters. The fourth-order valence-corrected chi connectivity index (χ4v) is 7.84. The lowest BCUT2D eigenvalue weighted by atomic mass is 9.86. The summed E-state index contributed by atoms with van der Waals surface area (Å²) in [6.07, 6.45) is 14.2. The zero-order valence-electron chi connectivity index (χ0n) is 42.9. The normalized spacial score (nSPS) is 14.1. The maximum Gasteiger partial charge on any atom is 0.335 e. The predicted molar refractivity (Wildman–Crippen MR) is 272 cm³/mol.